The molecule has 14 heavy (non-hydrogen) atoms. The maximum Gasteiger partial charge on any atom is 0.134 e. The monoisotopic (exact) mass is 193 g/mol. The summed E-state index contributed by atoms with van der Waals surface area (Å²) >= 11 is 0. The van der Waals surface area contributed by atoms with Crippen molar-refractivity contribution in [3.8, 4) is 0 Å². The molecular weight excluding hydrogens is 178 g/mol. The zero-order valence-electron chi connectivity index (χ0n) is 8.56. The van der Waals surface area contributed by atoms with E-state index in [2.05, 4.69) is 14.9 Å². The summed E-state index contributed by atoms with van der Waals surface area (Å²) in [5.41, 5.74) is 0.488. The van der Waals surface area contributed by atoms with E-state index < -0.39 is 5.60 Å². The molecule has 1 fully saturated rings. The van der Waals surface area contributed by atoms with E-state index in [1.54, 1.807) is 12.5 Å². The summed E-state index contributed by atoms with van der Waals surface area (Å²) in [6, 6.07) is 0. The van der Waals surface area contributed by atoms with Gasteiger partial charge in [-0.3, -0.25) is 0 Å². The predicted octanol–water partition coefficient (Wildman–Crippen LogP) is 0.746. The van der Waals surface area contributed by atoms with Crippen LogP contribution in [0.2, 0.25) is 0 Å². The lowest BCUT2D eigenvalue weighted by molar-refractivity contribution is 0.0839. The Balaban J connectivity index is 2.22. The number of aliphatic hydroxyl groups is 1. The Hall–Kier alpha value is -1.16. The van der Waals surface area contributed by atoms with Crippen molar-refractivity contribution in [2.24, 2.45) is 0 Å². The second-order valence-corrected chi connectivity index (χ2v) is 4.20. The van der Waals surface area contributed by atoms with Crippen LogP contribution in [0.5, 0.6) is 0 Å². The lowest BCUT2D eigenvalue weighted by Crippen LogP contribution is -2.30. The Bertz CT molecular complexity index is 338. The fraction of sp³-hybridized carbons (Fsp3) is 0.600. The van der Waals surface area contributed by atoms with Gasteiger partial charge in [0.1, 0.15) is 12.1 Å². The molecule has 0 unspecified atom stereocenters. The first-order valence-corrected chi connectivity index (χ1v) is 4.82. The minimum atomic E-state index is -0.572. The second-order valence-electron chi connectivity index (χ2n) is 4.20. The van der Waals surface area contributed by atoms with E-state index in [4.69, 9.17) is 0 Å². The van der Waals surface area contributed by atoms with Crippen molar-refractivity contribution in [1.29, 1.82) is 0 Å². The van der Waals surface area contributed by atoms with Crippen LogP contribution in [-0.2, 0) is 0 Å². The van der Waals surface area contributed by atoms with Crippen molar-refractivity contribution < 1.29 is 5.11 Å². The molecule has 4 nitrogen and oxygen atoms in total. The molecule has 4 heteroatoms. The summed E-state index contributed by atoms with van der Waals surface area (Å²) in [6.07, 6.45) is 4.15. The number of nitrogens with zero attached hydrogens (tertiary/aromatic N) is 3. The molecule has 76 valence electrons. The third-order valence-corrected chi connectivity index (χ3v) is 2.62. The molecule has 0 radical (unpaired) electrons. The molecule has 0 saturated carbocycles. The molecule has 0 aliphatic carbocycles. The third-order valence-electron chi connectivity index (χ3n) is 2.62. The minimum absolute atomic E-state index is 0.572. The van der Waals surface area contributed by atoms with Gasteiger partial charge in [0.05, 0.1) is 5.60 Å². The number of β-amino-alcohol motifs (C(OH)–C–C–N with tert-alkyl or cyclic N) is 1. The van der Waals surface area contributed by atoms with E-state index in [9.17, 15) is 5.11 Å². The largest absolute Gasteiger partial charge is 0.388 e. The van der Waals surface area contributed by atoms with Gasteiger partial charge >= 0.3 is 0 Å². The van der Waals surface area contributed by atoms with Gasteiger partial charge in [-0.15, -0.1) is 0 Å². The van der Waals surface area contributed by atoms with Crippen molar-refractivity contribution in [3.63, 3.8) is 0 Å². The molecule has 1 atom stereocenters. The standard InChI is InChI=1S/C10H15N3O/c1-8-5-11-7-12-9(8)13-4-3-10(2,14)6-13/h5,7,14H,3-4,6H2,1-2H3/t10-/m1/s1. The van der Waals surface area contributed by atoms with Gasteiger partial charge in [0.15, 0.2) is 0 Å². The molecule has 1 aromatic rings. The van der Waals surface area contributed by atoms with Crippen LogP contribution >= 0.6 is 0 Å². The van der Waals surface area contributed by atoms with Crippen LogP contribution in [0.25, 0.3) is 0 Å². The zero-order chi connectivity index (χ0) is 10.2. The molecule has 0 amide bonds. The number of hydrogen-bond donors (Lipinski definition) is 1. The molecule has 1 aromatic heterocycles. The predicted molar refractivity (Wildman–Crippen MR) is 54.2 cm³/mol. The maximum atomic E-state index is 9.83. The molecule has 0 spiro atoms. The Morgan fingerprint density at radius 2 is 2.36 bits per heavy atom. The Kier molecular flexibility index (Phi) is 2.15. The lowest BCUT2D eigenvalue weighted by atomic mass is 10.1. The third kappa shape index (κ3) is 1.70. The smallest absolute Gasteiger partial charge is 0.134 e. The summed E-state index contributed by atoms with van der Waals surface area (Å²) in [5.74, 6) is 0.942. The lowest BCUT2D eigenvalue weighted by Gasteiger charge is -2.20. The first kappa shape index (κ1) is 9.40. The van der Waals surface area contributed by atoms with Crippen LogP contribution in [0.3, 0.4) is 0 Å². The molecular formula is C10H15N3O. The molecule has 1 N–H and O–H groups in total. The first-order chi connectivity index (χ1) is 6.58. The number of aromatic nitrogens is 2. The van der Waals surface area contributed by atoms with E-state index in [0.717, 1.165) is 24.3 Å². The average Bonchev–Trinajstić information content (AvgIpc) is 2.47. The summed E-state index contributed by atoms with van der Waals surface area (Å²) in [4.78, 5) is 10.3. The molecule has 0 bridgehead atoms. The SMILES string of the molecule is Cc1cncnc1N1CC[C@@](C)(O)C1. The maximum absolute atomic E-state index is 9.83. The number of anilines is 1. The topological polar surface area (TPSA) is 49.2 Å². The minimum Gasteiger partial charge on any atom is -0.388 e. The van der Waals surface area contributed by atoms with Gasteiger partial charge in [-0.1, -0.05) is 0 Å². The highest BCUT2D eigenvalue weighted by molar-refractivity contribution is 5.46. The van der Waals surface area contributed by atoms with E-state index in [0.29, 0.717) is 6.54 Å². The number of rotatable bonds is 1. The van der Waals surface area contributed by atoms with Crippen LogP contribution in [0.4, 0.5) is 5.82 Å². The molecule has 1 saturated heterocycles. The van der Waals surface area contributed by atoms with E-state index in [1.165, 1.54) is 0 Å². The van der Waals surface area contributed by atoms with Gasteiger partial charge in [-0.05, 0) is 20.3 Å². The van der Waals surface area contributed by atoms with Gasteiger partial charge in [0.2, 0.25) is 0 Å². The fourth-order valence-corrected chi connectivity index (χ4v) is 1.85. The molecule has 0 aromatic carbocycles. The summed E-state index contributed by atoms with van der Waals surface area (Å²) in [7, 11) is 0. The van der Waals surface area contributed by atoms with Crippen LogP contribution in [0, 0.1) is 6.92 Å². The number of hydrogen-bond acceptors (Lipinski definition) is 4. The zero-order valence-corrected chi connectivity index (χ0v) is 8.56. The number of aryl methyl sites for hydroxylation is 1. The highest BCUT2D eigenvalue weighted by Crippen LogP contribution is 2.26. The second kappa shape index (κ2) is 3.20. The van der Waals surface area contributed by atoms with Crippen LogP contribution in [-0.4, -0.2) is 33.8 Å². The normalized spacial score (nSPS) is 26.9. The summed E-state index contributed by atoms with van der Waals surface area (Å²) < 4.78 is 0. The molecule has 1 aliphatic heterocycles. The van der Waals surface area contributed by atoms with Crippen LogP contribution in [0.1, 0.15) is 18.9 Å². The van der Waals surface area contributed by atoms with Gasteiger partial charge in [0.25, 0.3) is 0 Å². The Morgan fingerprint density at radius 3 is 2.93 bits per heavy atom. The fourth-order valence-electron chi connectivity index (χ4n) is 1.85. The van der Waals surface area contributed by atoms with Crippen molar-refractivity contribution in [2.45, 2.75) is 25.9 Å². The summed E-state index contributed by atoms with van der Waals surface area (Å²) in [5, 5.41) is 9.83. The van der Waals surface area contributed by atoms with Crippen molar-refractivity contribution >= 4 is 5.82 Å². The average molecular weight is 193 g/mol. The van der Waals surface area contributed by atoms with Crippen molar-refractivity contribution in [3.05, 3.63) is 18.1 Å². The van der Waals surface area contributed by atoms with Crippen molar-refractivity contribution in [1.82, 2.24) is 9.97 Å². The van der Waals surface area contributed by atoms with E-state index in [-0.39, 0.29) is 0 Å². The van der Waals surface area contributed by atoms with Gasteiger partial charge in [-0.25, -0.2) is 9.97 Å². The highest BCUT2D eigenvalue weighted by Gasteiger charge is 2.32. The Morgan fingerprint density at radius 1 is 1.57 bits per heavy atom. The molecule has 2 heterocycles. The van der Waals surface area contributed by atoms with E-state index >= 15 is 0 Å². The summed E-state index contributed by atoms with van der Waals surface area (Å²) in [6.45, 7) is 5.38. The molecule has 2 rings (SSSR count). The highest BCUT2D eigenvalue weighted by atomic mass is 16.3. The van der Waals surface area contributed by atoms with Crippen molar-refractivity contribution in [2.75, 3.05) is 18.0 Å². The Labute approximate surface area is 83.6 Å². The first-order valence-electron chi connectivity index (χ1n) is 4.82. The van der Waals surface area contributed by atoms with Crippen LogP contribution < -0.4 is 4.90 Å². The van der Waals surface area contributed by atoms with E-state index in [1.807, 2.05) is 13.8 Å². The van der Waals surface area contributed by atoms with Gasteiger partial charge < -0.3 is 10.0 Å². The van der Waals surface area contributed by atoms with Gasteiger partial charge in [-0.2, -0.15) is 0 Å². The van der Waals surface area contributed by atoms with Gasteiger partial charge in [0, 0.05) is 24.8 Å². The quantitative estimate of drug-likeness (QED) is 0.715. The van der Waals surface area contributed by atoms with Crippen LogP contribution in [0.15, 0.2) is 12.5 Å². The molecule has 1 aliphatic rings.